The van der Waals surface area contributed by atoms with Crippen molar-refractivity contribution in [1.82, 2.24) is 0 Å². The van der Waals surface area contributed by atoms with Crippen molar-refractivity contribution in [2.75, 3.05) is 0 Å². The third kappa shape index (κ3) is 2.89. The van der Waals surface area contributed by atoms with Crippen molar-refractivity contribution in [2.45, 2.75) is 9.79 Å². The second-order valence-electron chi connectivity index (χ2n) is 3.17. The van der Waals surface area contributed by atoms with Crippen LogP contribution in [0.15, 0.2) is 52.3 Å². The van der Waals surface area contributed by atoms with Crippen LogP contribution in [0.1, 0.15) is 0 Å². The van der Waals surface area contributed by atoms with Gasteiger partial charge in [-0.05, 0) is 65.1 Å². The number of phenols is 1. The second-order valence-corrected chi connectivity index (χ2v) is 5.56. The third-order valence-electron chi connectivity index (χ3n) is 1.97. The Kier molecular flexibility index (Phi) is 3.70. The Morgan fingerprint density at radius 3 is 2.25 bits per heavy atom. The summed E-state index contributed by atoms with van der Waals surface area (Å²) in [6, 6.07) is 12.4. The summed E-state index contributed by atoms with van der Waals surface area (Å²) in [4.78, 5) is 1.82. The van der Waals surface area contributed by atoms with Crippen LogP contribution in [-0.4, -0.2) is 5.11 Å². The highest BCUT2D eigenvalue weighted by atomic mass is 127. The van der Waals surface area contributed by atoms with Crippen LogP contribution in [0, 0.1) is 9.39 Å². The minimum absolute atomic E-state index is 0.313. The maximum absolute atomic E-state index is 13.1. The number of hydrogen-bond acceptors (Lipinski definition) is 2. The molecule has 0 unspecified atom stereocenters. The van der Waals surface area contributed by atoms with Gasteiger partial charge in [0, 0.05) is 13.4 Å². The van der Waals surface area contributed by atoms with E-state index in [0.717, 1.165) is 9.79 Å². The van der Waals surface area contributed by atoms with Crippen molar-refractivity contribution < 1.29 is 9.50 Å². The summed E-state index contributed by atoms with van der Waals surface area (Å²) >= 11 is 3.70. The van der Waals surface area contributed by atoms with Gasteiger partial charge in [0.15, 0.2) is 11.6 Å². The highest BCUT2D eigenvalue weighted by molar-refractivity contribution is 14.1. The fraction of sp³-hybridized carbons (Fsp3) is 0. The Labute approximate surface area is 111 Å². The quantitative estimate of drug-likeness (QED) is 0.819. The van der Waals surface area contributed by atoms with E-state index >= 15 is 0 Å². The molecule has 0 atom stereocenters. The number of hydrogen-bond donors (Lipinski definition) is 1. The average Bonchev–Trinajstić information content (AvgIpc) is 2.27. The monoisotopic (exact) mass is 346 g/mol. The molecule has 0 radical (unpaired) electrons. The predicted octanol–water partition coefficient (Wildman–Crippen LogP) is 4.29. The number of halogens is 2. The molecule has 0 spiro atoms. The van der Waals surface area contributed by atoms with Gasteiger partial charge in [0.05, 0.1) is 0 Å². The average molecular weight is 346 g/mol. The van der Waals surface area contributed by atoms with Crippen molar-refractivity contribution in [3.63, 3.8) is 0 Å². The Balaban J connectivity index is 2.20. The molecule has 2 rings (SSSR count). The van der Waals surface area contributed by atoms with E-state index in [2.05, 4.69) is 22.6 Å². The van der Waals surface area contributed by atoms with Gasteiger partial charge >= 0.3 is 0 Å². The van der Waals surface area contributed by atoms with Crippen LogP contribution in [0.5, 0.6) is 5.75 Å². The first-order valence-electron chi connectivity index (χ1n) is 4.57. The lowest BCUT2D eigenvalue weighted by Gasteiger charge is -2.02. The Morgan fingerprint density at radius 2 is 1.62 bits per heavy atom. The van der Waals surface area contributed by atoms with Crippen LogP contribution < -0.4 is 0 Å². The Morgan fingerprint density at radius 1 is 1.00 bits per heavy atom. The summed E-state index contributed by atoms with van der Waals surface area (Å²) in [5, 5.41) is 9.06. The summed E-state index contributed by atoms with van der Waals surface area (Å²) in [7, 11) is 0. The second kappa shape index (κ2) is 5.05. The highest BCUT2D eigenvalue weighted by Gasteiger charge is 2.03. The summed E-state index contributed by atoms with van der Waals surface area (Å²) in [5.74, 6) is -0.900. The zero-order valence-electron chi connectivity index (χ0n) is 8.15. The van der Waals surface area contributed by atoms with Crippen molar-refractivity contribution in [3.8, 4) is 5.75 Å². The molecule has 0 aliphatic rings. The maximum Gasteiger partial charge on any atom is 0.165 e. The molecule has 2 aromatic rings. The highest BCUT2D eigenvalue weighted by Crippen LogP contribution is 2.30. The number of phenolic OH excluding ortho intramolecular Hbond substituents is 1. The standard InChI is InChI=1S/C12H8FIOS/c13-11-7-10(5-6-12(11)15)16-9-3-1-8(14)2-4-9/h1-7,15H. The summed E-state index contributed by atoms with van der Waals surface area (Å²) in [6.45, 7) is 0. The first kappa shape index (κ1) is 11.7. The first-order valence-corrected chi connectivity index (χ1v) is 6.46. The van der Waals surface area contributed by atoms with Crippen LogP contribution in [0.2, 0.25) is 0 Å². The molecule has 82 valence electrons. The van der Waals surface area contributed by atoms with Crippen LogP contribution >= 0.6 is 34.4 Å². The fourth-order valence-electron chi connectivity index (χ4n) is 1.19. The maximum atomic E-state index is 13.1. The van der Waals surface area contributed by atoms with Crippen molar-refractivity contribution in [2.24, 2.45) is 0 Å². The molecule has 2 aromatic carbocycles. The molecular formula is C12H8FIOS. The van der Waals surface area contributed by atoms with E-state index in [9.17, 15) is 4.39 Å². The number of rotatable bonds is 2. The molecular weight excluding hydrogens is 338 g/mol. The van der Waals surface area contributed by atoms with Gasteiger partial charge in [-0.2, -0.15) is 0 Å². The van der Waals surface area contributed by atoms with E-state index in [0.29, 0.717) is 0 Å². The van der Waals surface area contributed by atoms with Crippen LogP contribution in [-0.2, 0) is 0 Å². The first-order chi connectivity index (χ1) is 7.65. The zero-order chi connectivity index (χ0) is 11.5. The molecule has 0 heterocycles. The van der Waals surface area contributed by atoms with E-state index in [1.54, 1.807) is 6.07 Å². The lowest BCUT2D eigenvalue weighted by molar-refractivity contribution is 0.431. The zero-order valence-corrected chi connectivity index (χ0v) is 11.1. The lowest BCUT2D eigenvalue weighted by Crippen LogP contribution is -1.79. The molecule has 0 saturated carbocycles. The predicted molar refractivity (Wildman–Crippen MR) is 71.3 cm³/mol. The van der Waals surface area contributed by atoms with Gasteiger partial charge in [0.2, 0.25) is 0 Å². The summed E-state index contributed by atoms with van der Waals surface area (Å²) in [5.41, 5.74) is 0. The van der Waals surface area contributed by atoms with Gasteiger partial charge in [-0.15, -0.1) is 0 Å². The van der Waals surface area contributed by atoms with E-state index in [1.807, 2.05) is 24.3 Å². The molecule has 0 saturated heterocycles. The topological polar surface area (TPSA) is 20.2 Å². The molecule has 0 bridgehead atoms. The summed E-state index contributed by atoms with van der Waals surface area (Å²) < 4.78 is 14.2. The van der Waals surface area contributed by atoms with Gasteiger partial charge in [-0.3, -0.25) is 0 Å². The van der Waals surface area contributed by atoms with Crippen LogP contribution in [0.3, 0.4) is 0 Å². The molecule has 0 aliphatic carbocycles. The Hall–Kier alpha value is -0.750. The molecule has 1 nitrogen and oxygen atoms in total. The van der Waals surface area contributed by atoms with E-state index in [4.69, 9.17) is 5.11 Å². The molecule has 0 amide bonds. The molecule has 0 aromatic heterocycles. The van der Waals surface area contributed by atoms with Crippen molar-refractivity contribution >= 4 is 34.4 Å². The lowest BCUT2D eigenvalue weighted by atomic mass is 10.3. The fourth-order valence-corrected chi connectivity index (χ4v) is 2.39. The number of aromatic hydroxyl groups is 1. The van der Waals surface area contributed by atoms with Crippen LogP contribution in [0.4, 0.5) is 4.39 Å². The van der Waals surface area contributed by atoms with Crippen LogP contribution in [0.25, 0.3) is 0 Å². The van der Waals surface area contributed by atoms with Gasteiger partial charge in [0.25, 0.3) is 0 Å². The van der Waals surface area contributed by atoms with Gasteiger partial charge < -0.3 is 5.11 Å². The minimum atomic E-state index is -0.587. The van der Waals surface area contributed by atoms with Crippen molar-refractivity contribution in [3.05, 3.63) is 51.9 Å². The summed E-state index contributed by atoms with van der Waals surface area (Å²) in [6.07, 6.45) is 0. The van der Waals surface area contributed by atoms with Gasteiger partial charge in [0.1, 0.15) is 0 Å². The molecule has 4 heteroatoms. The van der Waals surface area contributed by atoms with Gasteiger partial charge in [-0.25, -0.2) is 4.39 Å². The van der Waals surface area contributed by atoms with E-state index in [1.165, 1.54) is 27.5 Å². The molecule has 0 fully saturated rings. The number of benzene rings is 2. The van der Waals surface area contributed by atoms with E-state index < -0.39 is 5.82 Å². The molecule has 16 heavy (non-hydrogen) atoms. The molecule has 1 N–H and O–H groups in total. The smallest absolute Gasteiger partial charge is 0.165 e. The van der Waals surface area contributed by atoms with Gasteiger partial charge in [-0.1, -0.05) is 11.8 Å². The van der Waals surface area contributed by atoms with E-state index in [-0.39, 0.29) is 5.75 Å². The minimum Gasteiger partial charge on any atom is -0.505 e. The third-order valence-corrected chi connectivity index (χ3v) is 3.69. The normalized spacial score (nSPS) is 10.4. The Bertz CT molecular complexity index is 499. The van der Waals surface area contributed by atoms with Crippen molar-refractivity contribution in [1.29, 1.82) is 0 Å². The largest absolute Gasteiger partial charge is 0.505 e. The SMILES string of the molecule is Oc1ccc(Sc2ccc(I)cc2)cc1F. The molecule has 0 aliphatic heterocycles.